The molecule has 67 heavy (non-hydrogen) atoms. The number of allylic oxidation sites excluding steroid dienone is 3. The van der Waals surface area contributed by atoms with Crippen LogP contribution < -0.4 is 5.32 Å². The summed E-state index contributed by atoms with van der Waals surface area (Å²) in [5.74, 6) is -0.512. The molecule has 396 valence electrons. The van der Waals surface area contributed by atoms with E-state index in [1.54, 1.807) is 0 Å². The highest BCUT2D eigenvalue weighted by Crippen LogP contribution is 2.43. The smallest absolute Gasteiger partial charge is 0.456 e. The number of unbranched alkanes of at least 4 members (excludes halogenated alkanes) is 34. The predicted octanol–water partition coefficient (Wildman–Crippen LogP) is 17.0. The average Bonchev–Trinajstić information content (AvgIpc) is 3.28. The molecule has 0 heterocycles. The van der Waals surface area contributed by atoms with E-state index in [1.165, 1.54) is 173 Å². The molecule has 9 nitrogen and oxygen atoms in total. The Morgan fingerprint density at radius 2 is 0.866 bits per heavy atom. The van der Waals surface area contributed by atoms with E-state index in [2.05, 4.69) is 38.2 Å². The minimum Gasteiger partial charge on any atom is -0.456 e. The van der Waals surface area contributed by atoms with Gasteiger partial charge in [-0.3, -0.25) is 18.6 Å². The van der Waals surface area contributed by atoms with Crippen LogP contribution in [0.1, 0.15) is 278 Å². The minimum absolute atomic E-state index is 0.0413. The number of nitrogens with one attached hydrogen (secondary N) is 1. The molecule has 0 fully saturated rings. The molecule has 0 aliphatic heterocycles. The highest BCUT2D eigenvalue weighted by atomic mass is 31.2. The quantitative estimate of drug-likeness (QED) is 0.0205. The fraction of sp³-hybridized carbons (Fsp3) is 0.895. The lowest BCUT2D eigenvalue weighted by molar-refractivity contribution is -0.870. The van der Waals surface area contributed by atoms with E-state index in [-0.39, 0.29) is 31.5 Å². The minimum atomic E-state index is -4.44. The van der Waals surface area contributed by atoms with E-state index >= 15 is 0 Å². The number of carbonyl (C=O) groups excluding carboxylic acids is 2. The van der Waals surface area contributed by atoms with Gasteiger partial charge < -0.3 is 19.4 Å². The number of amides is 1. The fourth-order valence-electron chi connectivity index (χ4n) is 8.41. The zero-order valence-electron chi connectivity index (χ0n) is 45.2. The summed E-state index contributed by atoms with van der Waals surface area (Å²) in [5.41, 5.74) is 0. The first kappa shape index (κ1) is 65.5. The van der Waals surface area contributed by atoms with Gasteiger partial charge in [0, 0.05) is 12.8 Å². The molecule has 3 atom stereocenters. The molecule has 0 aliphatic rings. The van der Waals surface area contributed by atoms with Crippen molar-refractivity contribution in [1.29, 1.82) is 0 Å². The first-order valence-corrected chi connectivity index (χ1v) is 30.2. The number of esters is 1. The molecule has 0 saturated carbocycles. The van der Waals surface area contributed by atoms with Crippen LogP contribution in [0.25, 0.3) is 0 Å². The third kappa shape index (κ3) is 49.3. The largest absolute Gasteiger partial charge is 0.472 e. The van der Waals surface area contributed by atoms with Crippen molar-refractivity contribution in [2.45, 2.75) is 290 Å². The highest BCUT2D eigenvalue weighted by Gasteiger charge is 2.30. The Hall–Kier alpha value is -1.51. The number of phosphoric ester groups is 1. The Bertz CT molecular complexity index is 1210. The fourth-order valence-corrected chi connectivity index (χ4v) is 9.14. The number of hydrogen-bond donors (Lipinski definition) is 2. The van der Waals surface area contributed by atoms with Crippen LogP contribution in [0.4, 0.5) is 0 Å². The first-order chi connectivity index (χ1) is 32.4. The summed E-state index contributed by atoms with van der Waals surface area (Å²) in [6, 6.07) is -0.847. The van der Waals surface area contributed by atoms with Crippen molar-refractivity contribution in [2.24, 2.45) is 0 Å². The summed E-state index contributed by atoms with van der Waals surface area (Å²) in [6.07, 6.45) is 54.5. The van der Waals surface area contributed by atoms with Gasteiger partial charge in [-0.2, -0.15) is 0 Å². The van der Waals surface area contributed by atoms with Crippen molar-refractivity contribution in [3.05, 3.63) is 24.3 Å². The van der Waals surface area contributed by atoms with Gasteiger partial charge in [0.2, 0.25) is 5.91 Å². The molecule has 0 radical (unpaired) electrons. The zero-order chi connectivity index (χ0) is 49.4. The van der Waals surface area contributed by atoms with Crippen molar-refractivity contribution in [2.75, 3.05) is 40.9 Å². The molecule has 0 aromatic carbocycles. The number of quaternary nitrogens is 1. The number of nitrogens with zero attached hydrogens (tertiary/aromatic N) is 1. The highest BCUT2D eigenvalue weighted by molar-refractivity contribution is 7.47. The third-order valence-corrected chi connectivity index (χ3v) is 13.9. The molecule has 2 N–H and O–H groups in total. The van der Waals surface area contributed by atoms with Crippen molar-refractivity contribution in [1.82, 2.24) is 5.32 Å². The summed E-state index contributed by atoms with van der Waals surface area (Å²) in [7, 11) is 1.50. The molecule has 0 saturated heterocycles. The second-order valence-corrected chi connectivity index (χ2v) is 22.3. The number of ether oxygens (including phenoxy) is 1. The Balaban J connectivity index is 5.34. The van der Waals surface area contributed by atoms with Crippen LogP contribution in [0.5, 0.6) is 0 Å². The summed E-state index contributed by atoms with van der Waals surface area (Å²) in [6.45, 7) is 7.02. The summed E-state index contributed by atoms with van der Waals surface area (Å²) < 4.78 is 30.6. The summed E-state index contributed by atoms with van der Waals surface area (Å²) >= 11 is 0. The molecule has 0 bridgehead atoms. The average molecular weight is 969 g/mol. The van der Waals surface area contributed by atoms with Crippen LogP contribution in [0, 0.1) is 0 Å². The Kier molecular flexibility index (Phi) is 47.0. The predicted molar refractivity (Wildman–Crippen MR) is 286 cm³/mol. The third-order valence-electron chi connectivity index (χ3n) is 12.9. The van der Waals surface area contributed by atoms with Gasteiger partial charge in [0.25, 0.3) is 0 Å². The van der Waals surface area contributed by atoms with E-state index in [0.29, 0.717) is 17.4 Å². The van der Waals surface area contributed by atoms with Gasteiger partial charge in [-0.25, -0.2) is 4.57 Å². The van der Waals surface area contributed by atoms with Gasteiger partial charge >= 0.3 is 13.8 Å². The van der Waals surface area contributed by atoms with Crippen molar-refractivity contribution >= 4 is 19.7 Å². The van der Waals surface area contributed by atoms with E-state index in [1.807, 2.05) is 33.3 Å². The van der Waals surface area contributed by atoms with Crippen molar-refractivity contribution in [3.8, 4) is 0 Å². The van der Waals surface area contributed by atoms with E-state index in [0.717, 1.165) is 70.6 Å². The van der Waals surface area contributed by atoms with Crippen molar-refractivity contribution in [3.63, 3.8) is 0 Å². The van der Waals surface area contributed by atoms with Gasteiger partial charge in [0.1, 0.15) is 19.3 Å². The lowest BCUT2D eigenvalue weighted by Crippen LogP contribution is -2.47. The lowest BCUT2D eigenvalue weighted by Gasteiger charge is -2.27. The maximum atomic E-state index is 13.5. The molecular formula is C57H112N2O7P+. The van der Waals surface area contributed by atoms with Gasteiger partial charge in [0.15, 0.2) is 0 Å². The molecule has 3 unspecified atom stereocenters. The lowest BCUT2D eigenvalue weighted by atomic mass is 10.0. The molecular weight excluding hydrogens is 856 g/mol. The Labute approximate surface area is 415 Å². The van der Waals surface area contributed by atoms with Gasteiger partial charge in [-0.15, -0.1) is 0 Å². The van der Waals surface area contributed by atoms with Crippen LogP contribution in [0.2, 0.25) is 0 Å². The second-order valence-electron chi connectivity index (χ2n) is 20.8. The SMILES string of the molecule is CCCCCCCC/C=C\CCCCCC(=O)OC(/C=C/CCCCCCCCCCCC)C(COP(=O)(O)OCC[N+](C)(C)C)NC(=O)CCCCCCCCCCCCCCCCCC. The van der Waals surface area contributed by atoms with Crippen LogP contribution in [0.15, 0.2) is 24.3 Å². The zero-order valence-corrected chi connectivity index (χ0v) is 46.1. The molecule has 0 aromatic rings. The first-order valence-electron chi connectivity index (χ1n) is 28.7. The van der Waals surface area contributed by atoms with Crippen LogP contribution in [-0.2, 0) is 27.9 Å². The van der Waals surface area contributed by atoms with E-state index in [9.17, 15) is 19.0 Å². The molecule has 0 aliphatic carbocycles. The van der Waals surface area contributed by atoms with E-state index in [4.69, 9.17) is 13.8 Å². The van der Waals surface area contributed by atoms with E-state index < -0.39 is 20.0 Å². The molecule has 0 rings (SSSR count). The Morgan fingerprint density at radius 3 is 1.28 bits per heavy atom. The number of rotatable bonds is 52. The standard InChI is InChI=1S/C57H111N2O7P/c1-7-10-13-16-19-22-25-28-29-30-32-34-37-40-43-46-49-56(60)58-54(53-65-67(62,63)64-52-51-59(4,5)6)55(48-45-42-39-36-33-27-24-21-18-15-12-9-3)66-57(61)50-47-44-41-38-35-31-26-23-20-17-14-11-8-2/h31,35,45,48,54-55H,7-30,32-34,36-44,46-47,49-53H2,1-6H3,(H-,58,60,62,63)/p+1/b35-31-,48-45+. The number of phosphoric acid groups is 1. The van der Waals surface area contributed by atoms with Crippen molar-refractivity contribution < 1.29 is 37.3 Å². The van der Waals surface area contributed by atoms with Gasteiger partial charge in [-0.1, -0.05) is 232 Å². The van der Waals surface area contributed by atoms with Crippen LogP contribution in [-0.4, -0.2) is 74.3 Å². The topological polar surface area (TPSA) is 111 Å². The van der Waals surface area contributed by atoms with Gasteiger partial charge in [-0.05, 0) is 57.4 Å². The Morgan fingerprint density at radius 1 is 0.507 bits per heavy atom. The number of carbonyl (C=O) groups is 2. The molecule has 0 aromatic heterocycles. The number of likely N-dealkylation sites (N-methyl/N-ethyl adjacent to an activating group) is 1. The van der Waals surface area contributed by atoms with Crippen LogP contribution in [0.3, 0.4) is 0 Å². The monoisotopic (exact) mass is 968 g/mol. The summed E-state index contributed by atoms with van der Waals surface area (Å²) in [4.78, 5) is 37.5. The summed E-state index contributed by atoms with van der Waals surface area (Å²) in [5, 5.41) is 3.05. The van der Waals surface area contributed by atoms with Crippen LogP contribution >= 0.6 is 7.82 Å². The normalized spacial score (nSPS) is 14.0. The maximum absolute atomic E-state index is 13.5. The molecule has 10 heteroatoms. The van der Waals surface area contributed by atoms with Gasteiger partial charge in [0.05, 0.1) is 33.8 Å². The molecule has 1 amide bonds. The second kappa shape index (κ2) is 48.1. The maximum Gasteiger partial charge on any atom is 0.472 e. The number of hydrogen-bond acceptors (Lipinski definition) is 6. The molecule has 0 spiro atoms.